The molecule has 0 saturated carbocycles. The van der Waals surface area contributed by atoms with Gasteiger partial charge in [-0.25, -0.2) is 4.98 Å². The normalized spacial score (nSPS) is 10.2. The minimum Gasteiger partial charge on any atom is -0.396 e. The van der Waals surface area contributed by atoms with E-state index in [4.69, 9.17) is 5.11 Å². The SMILES string of the molecule is Cc1nc(NCCCCCO)ccc1[N+](=O)[O-]. The minimum atomic E-state index is -0.437. The number of rotatable bonds is 7. The van der Waals surface area contributed by atoms with Crippen LogP contribution in [0.5, 0.6) is 0 Å². The molecule has 6 nitrogen and oxygen atoms in total. The Balaban J connectivity index is 2.45. The topological polar surface area (TPSA) is 88.3 Å². The predicted molar refractivity (Wildman–Crippen MR) is 65.1 cm³/mol. The maximum absolute atomic E-state index is 10.6. The highest BCUT2D eigenvalue weighted by Crippen LogP contribution is 2.17. The standard InChI is InChI=1S/C11H17N3O3/c1-9-10(14(16)17)5-6-11(13-9)12-7-3-2-4-8-15/h5-6,15H,2-4,7-8H2,1H3,(H,12,13). The lowest BCUT2D eigenvalue weighted by Crippen LogP contribution is -2.05. The molecule has 1 aromatic rings. The van der Waals surface area contributed by atoms with Crippen molar-refractivity contribution in [1.82, 2.24) is 4.98 Å². The average molecular weight is 239 g/mol. The Morgan fingerprint density at radius 1 is 1.41 bits per heavy atom. The largest absolute Gasteiger partial charge is 0.396 e. The van der Waals surface area contributed by atoms with Gasteiger partial charge in [0.25, 0.3) is 5.69 Å². The number of hydrogen-bond acceptors (Lipinski definition) is 5. The monoisotopic (exact) mass is 239 g/mol. The first-order valence-electron chi connectivity index (χ1n) is 5.62. The van der Waals surface area contributed by atoms with Gasteiger partial charge in [-0.3, -0.25) is 10.1 Å². The summed E-state index contributed by atoms with van der Waals surface area (Å²) in [5, 5.41) is 22.3. The molecular formula is C11H17N3O3. The van der Waals surface area contributed by atoms with Crippen molar-refractivity contribution in [3.05, 3.63) is 27.9 Å². The summed E-state index contributed by atoms with van der Waals surface area (Å²) in [6.45, 7) is 2.59. The lowest BCUT2D eigenvalue weighted by molar-refractivity contribution is -0.385. The summed E-state index contributed by atoms with van der Waals surface area (Å²) in [6, 6.07) is 3.07. The van der Waals surface area contributed by atoms with Gasteiger partial charge in [-0.05, 0) is 32.3 Å². The molecule has 0 saturated heterocycles. The Labute approximate surface area is 99.8 Å². The summed E-state index contributed by atoms with van der Waals surface area (Å²) in [5.74, 6) is 0.650. The van der Waals surface area contributed by atoms with E-state index in [2.05, 4.69) is 10.3 Å². The molecule has 0 aliphatic carbocycles. The molecule has 1 heterocycles. The molecule has 0 radical (unpaired) electrons. The Morgan fingerprint density at radius 3 is 2.76 bits per heavy atom. The van der Waals surface area contributed by atoms with Crippen molar-refractivity contribution in [1.29, 1.82) is 0 Å². The number of aryl methyl sites for hydroxylation is 1. The van der Waals surface area contributed by atoms with Crippen LogP contribution in [0.1, 0.15) is 25.0 Å². The second-order valence-electron chi connectivity index (χ2n) is 3.77. The number of aliphatic hydroxyl groups excluding tert-OH is 1. The van der Waals surface area contributed by atoms with Crippen LogP contribution < -0.4 is 5.32 Å². The van der Waals surface area contributed by atoms with E-state index < -0.39 is 4.92 Å². The van der Waals surface area contributed by atoms with E-state index in [1.807, 2.05) is 0 Å². The molecule has 94 valence electrons. The molecule has 17 heavy (non-hydrogen) atoms. The summed E-state index contributed by atoms with van der Waals surface area (Å²) < 4.78 is 0. The summed E-state index contributed by atoms with van der Waals surface area (Å²) in [4.78, 5) is 14.3. The highest BCUT2D eigenvalue weighted by atomic mass is 16.6. The van der Waals surface area contributed by atoms with Crippen LogP contribution in [0.4, 0.5) is 11.5 Å². The Kier molecular flexibility index (Phi) is 5.35. The van der Waals surface area contributed by atoms with E-state index in [-0.39, 0.29) is 12.3 Å². The van der Waals surface area contributed by atoms with Gasteiger partial charge in [-0.15, -0.1) is 0 Å². The number of nitrogens with one attached hydrogen (secondary N) is 1. The smallest absolute Gasteiger partial charge is 0.290 e. The summed E-state index contributed by atoms with van der Waals surface area (Å²) >= 11 is 0. The van der Waals surface area contributed by atoms with Crippen molar-refractivity contribution >= 4 is 11.5 Å². The minimum absolute atomic E-state index is 0.0378. The van der Waals surface area contributed by atoms with Crippen molar-refractivity contribution in [2.45, 2.75) is 26.2 Å². The van der Waals surface area contributed by atoms with Gasteiger partial charge in [-0.2, -0.15) is 0 Å². The third-order valence-electron chi connectivity index (χ3n) is 2.40. The molecule has 0 atom stereocenters. The van der Waals surface area contributed by atoms with E-state index in [1.165, 1.54) is 6.07 Å². The van der Waals surface area contributed by atoms with Crippen LogP contribution in [0.2, 0.25) is 0 Å². The number of aromatic nitrogens is 1. The second-order valence-corrected chi connectivity index (χ2v) is 3.77. The number of hydrogen-bond donors (Lipinski definition) is 2. The first kappa shape index (κ1) is 13.4. The van der Waals surface area contributed by atoms with Gasteiger partial charge < -0.3 is 10.4 Å². The van der Waals surface area contributed by atoms with E-state index >= 15 is 0 Å². The number of aliphatic hydroxyl groups is 1. The summed E-state index contributed by atoms with van der Waals surface area (Å²) in [7, 11) is 0. The molecular weight excluding hydrogens is 222 g/mol. The fourth-order valence-corrected chi connectivity index (χ4v) is 1.48. The third kappa shape index (κ3) is 4.36. The first-order chi connectivity index (χ1) is 8.15. The van der Waals surface area contributed by atoms with Crippen LogP contribution in [0, 0.1) is 17.0 Å². The van der Waals surface area contributed by atoms with Gasteiger partial charge in [-0.1, -0.05) is 0 Å². The van der Waals surface area contributed by atoms with Gasteiger partial charge in [0, 0.05) is 19.2 Å². The number of unbranched alkanes of at least 4 members (excludes halogenated alkanes) is 2. The predicted octanol–water partition coefficient (Wildman–Crippen LogP) is 1.87. The van der Waals surface area contributed by atoms with Crippen molar-refractivity contribution in [3.63, 3.8) is 0 Å². The molecule has 0 aliphatic rings. The average Bonchev–Trinajstić information content (AvgIpc) is 2.28. The molecule has 0 fully saturated rings. The van der Waals surface area contributed by atoms with Crippen LogP contribution in [-0.4, -0.2) is 28.2 Å². The first-order valence-corrected chi connectivity index (χ1v) is 5.62. The van der Waals surface area contributed by atoms with Crippen LogP contribution in [-0.2, 0) is 0 Å². The summed E-state index contributed by atoms with van der Waals surface area (Å²) in [6.07, 6.45) is 2.70. The van der Waals surface area contributed by atoms with Crippen LogP contribution in [0.25, 0.3) is 0 Å². The lowest BCUT2D eigenvalue weighted by atomic mass is 10.2. The molecule has 0 aliphatic heterocycles. The van der Waals surface area contributed by atoms with Crippen LogP contribution >= 0.6 is 0 Å². The van der Waals surface area contributed by atoms with Crippen molar-refractivity contribution < 1.29 is 10.0 Å². The maximum atomic E-state index is 10.6. The zero-order valence-electron chi connectivity index (χ0n) is 9.85. The molecule has 0 amide bonds. The van der Waals surface area contributed by atoms with E-state index in [0.29, 0.717) is 11.5 Å². The molecule has 1 rings (SSSR count). The number of nitro groups is 1. The molecule has 0 aromatic carbocycles. The van der Waals surface area contributed by atoms with Crippen LogP contribution in [0.3, 0.4) is 0 Å². The Morgan fingerprint density at radius 2 is 2.18 bits per heavy atom. The van der Waals surface area contributed by atoms with Gasteiger partial charge in [0.15, 0.2) is 0 Å². The van der Waals surface area contributed by atoms with Gasteiger partial charge >= 0.3 is 0 Å². The van der Waals surface area contributed by atoms with E-state index in [0.717, 1.165) is 25.8 Å². The Bertz CT molecular complexity index is 382. The van der Waals surface area contributed by atoms with Crippen molar-refractivity contribution in [2.24, 2.45) is 0 Å². The summed E-state index contributed by atoms with van der Waals surface area (Å²) in [5.41, 5.74) is 0.450. The number of pyridine rings is 1. The number of nitrogens with zero attached hydrogens (tertiary/aromatic N) is 2. The zero-order valence-corrected chi connectivity index (χ0v) is 9.85. The highest BCUT2D eigenvalue weighted by molar-refractivity contribution is 5.44. The van der Waals surface area contributed by atoms with Crippen LogP contribution in [0.15, 0.2) is 12.1 Å². The second kappa shape index (κ2) is 6.80. The third-order valence-corrected chi connectivity index (χ3v) is 2.40. The molecule has 6 heteroatoms. The fraction of sp³-hybridized carbons (Fsp3) is 0.545. The van der Waals surface area contributed by atoms with E-state index in [1.54, 1.807) is 13.0 Å². The van der Waals surface area contributed by atoms with Gasteiger partial charge in [0.05, 0.1) is 4.92 Å². The fourth-order valence-electron chi connectivity index (χ4n) is 1.48. The van der Waals surface area contributed by atoms with Crippen molar-refractivity contribution in [3.8, 4) is 0 Å². The van der Waals surface area contributed by atoms with Gasteiger partial charge in [0.2, 0.25) is 0 Å². The van der Waals surface area contributed by atoms with Crippen molar-refractivity contribution in [2.75, 3.05) is 18.5 Å². The molecule has 1 aromatic heterocycles. The lowest BCUT2D eigenvalue weighted by Gasteiger charge is -2.05. The van der Waals surface area contributed by atoms with Gasteiger partial charge in [0.1, 0.15) is 11.5 Å². The molecule has 0 spiro atoms. The highest BCUT2D eigenvalue weighted by Gasteiger charge is 2.11. The molecule has 0 unspecified atom stereocenters. The maximum Gasteiger partial charge on any atom is 0.290 e. The quantitative estimate of drug-likeness (QED) is 0.431. The number of anilines is 1. The zero-order chi connectivity index (χ0) is 12.7. The van der Waals surface area contributed by atoms with E-state index in [9.17, 15) is 10.1 Å². The molecule has 0 bridgehead atoms. The molecule has 2 N–H and O–H groups in total. The Hall–Kier alpha value is -1.69.